The molecule has 0 atom stereocenters. The fourth-order valence-electron chi connectivity index (χ4n) is 1.08. The van der Waals surface area contributed by atoms with E-state index in [9.17, 15) is 0 Å². The lowest BCUT2D eigenvalue weighted by atomic mass is 10.6. The predicted molar refractivity (Wildman–Crippen MR) is 72.1 cm³/mol. The van der Waals surface area contributed by atoms with Crippen LogP contribution < -0.4 is 5.32 Å². The number of hydrogen-bond acceptors (Lipinski definition) is 8. The van der Waals surface area contributed by atoms with Crippen molar-refractivity contribution in [2.75, 3.05) is 18.6 Å². The summed E-state index contributed by atoms with van der Waals surface area (Å²) in [5, 5.41) is 4.65. The molecule has 0 spiro atoms. The van der Waals surface area contributed by atoms with E-state index in [1.807, 2.05) is 26.3 Å². The van der Waals surface area contributed by atoms with Crippen molar-refractivity contribution in [3.63, 3.8) is 0 Å². The average Bonchev–Trinajstić information content (AvgIpc) is 2.74. The minimum atomic E-state index is 0.751. The molecule has 0 fully saturated rings. The van der Waals surface area contributed by atoms with Crippen molar-refractivity contribution >= 4 is 40.9 Å². The lowest BCUT2D eigenvalue weighted by molar-refractivity contribution is 0.896. The van der Waals surface area contributed by atoms with Crippen LogP contribution >= 0.6 is 35.1 Å². The third-order valence-corrected chi connectivity index (χ3v) is 4.13. The first-order valence-corrected chi connectivity index (χ1v) is 7.61. The van der Waals surface area contributed by atoms with E-state index in [2.05, 4.69) is 24.6 Å². The zero-order valence-electron chi connectivity index (χ0n) is 9.59. The second kappa shape index (κ2) is 5.65. The lowest BCUT2D eigenvalue weighted by Gasteiger charge is -2.04. The summed E-state index contributed by atoms with van der Waals surface area (Å²) in [6.45, 7) is 1.88. The largest absolute Gasteiger partial charge is 0.373 e. The van der Waals surface area contributed by atoms with Gasteiger partial charge in [-0.2, -0.15) is 4.37 Å². The SMILES string of the molecule is CNc1cc(Sc2nc(C)ns2)nc(SC)n1. The third-order valence-electron chi connectivity index (χ3n) is 1.82. The summed E-state index contributed by atoms with van der Waals surface area (Å²) in [4.78, 5) is 13.0. The normalized spacial score (nSPS) is 10.5. The highest BCUT2D eigenvalue weighted by Gasteiger charge is 2.08. The lowest BCUT2D eigenvalue weighted by Crippen LogP contribution is -1.96. The molecule has 5 nitrogen and oxygen atoms in total. The van der Waals surface area contributed by atoms with E-state index in [1.54, 1.807) is 0 Å². The maximum Gasteiger partial charge on any atom is 0.190 e. The molecule has 8 heteroatoms. The monoisotopic (exact) mass is 285 g/mol. The first-order valence-electron chi connectivity index (χ1n) is 4.80. The van der Waals surface area contributed by atoms with Gasteiger partial charge in [0.05, 0.1) is 0 Å². The molecule has 17 heavy (non-hydrogen) atoms. The van der Waals surface area contributed by atoms with Gasteiger partial charge in [-0.3, -0.25) is 0 Å². The maximum atomic E-state index is 4.42. The van der Waals surface area contributed by atoms with Crippen molar-refractivity contribution in [2.45, 2.75) is 21.4 Å². The standard InChI is InChI=1S/C9H11N5S3/c1-5-11-9(17-14-5)16-7-4-6(10-2)12-8(13-7)15-3/h4H,1-3H3,(H,10,12,13). The number of nitrogens with zero attached hydrogens (tertiary/aromatic N) is 4. The molecule has 0 unspecified atom stereocenters. The molecule has 2 aromatic rings. The van der Waals surface area contributed by atoms with Crippen LogP contribution in [0, 0.1) is 6.92 Å². The van der Waals surface area contributed by atoms with Crippen molar-refractivity contribution in [2.24, 2.45) is 0 Å². The molecule has 2 heterocycles. The van der Waals surface area contributed by atoms with Crippen molar-refractivity contribution in [3.8, 4) is 0 Å². The van der Waals surface area contributed by atoms with Gasteiger partial charge >= 0.3 is 0 Å². The number of anilines is 1. The zero-order chi connectivity index (χ0) is 12.3. The molecule has 0 aliphatic rings. The molecule has 0 aromatic carbocycles. The van der Waals surface area contributed by atoms with Gasteiger partial charge in [-0.15, -0.1) is 0 Å². The fraction of sp³-hybridized carbons (Fsp3) is 0.333. The molecule has 90 valence electrons. The number of rotatable bonds is 4. The smallest absolute Gasteiger partial charge is 0.190 e. The summed E-state index contributed by atoms with van der Waals surface area (Å²) in [7, 11) is 1.84. The van der Waals surface area contributed by atoms with Gasteiger partial charge in [0.2, 0.25) is 0 Å². The van der Waals surface area contributed by atoms with Crippen molar-refractivity contribution < 1.29 is 0 Å². The van der Waals surface area contributed by atoms with Crippen LogP contribution in [0.15, 0.2) is 20.6 Å². The fourth-order valence-corrected chi connectivity index (χ4v) is 3.12. The molecule has 0 bridgehead atoms. The molecule has 2 aromatic heterocycles. The second-order valence-electron chi connectivity index (χ2n) is 3.04. The van der Waals surface area contributed by atoms with Crippen LogP contribution in [0.3, 0.4) is 0 Å². The molecule has 1 N–H and O–H groups in total. The summed E-state index contributed by atoms with van der Waals surface area (Å²) in [6.07, 6.45) is 1.96. The van der Waals surface area contributed by atoms with Gasteiger partial charge in [-0.05, 0) is 36.5 Å². The first-order chi connectivity index (χ1) is 8.21. The van der Waals surface area contributed by atoms with Crippen LogP contribution in [0.2, 0.25) is 0 Å². The Hall–Kier alpha value is -0.860. The van der Waals surface area contributed by atoms with Crippen LogP contribution in [-0.2, 0) is 0 Å². The summed E-state index contributed by atoms with van der Waals surface area (Å²) < 4.78 is 5.04. The first kappa shape index (κ1) is 12.6. The molecular weight excluding hydrogens is 274 g/mol. The Kier molecular flexibility index (Phi) is 4.19. The van der Waals surface area contributed by atoms with Crippen molar-refractivity contribution in [1.29, 1.82) is 0 Å². The van der Waals surface area contributed by atoms with Crippen molar-refractivity contribution in [1.82, 2.24) is 19.3 Å². The Labute approximate surface area is 112 Å². The Balaban J connectivity index is 2.25. The number of nitrogens with one attached hydrogen (secondary N) is 1. The quantitative estimate of drug-likeness (QED) is 0.526. The number of aromatic nitrogens is 4. The Bertz CT molecular complexity index is 491. The van der Waals surface area contributed by atoms with Crippen LogP contribution in [0.25, 0.3) is 0 Å². The molecule has 0 aliphatic heterocycles. The van der Waals surface area contributed by atoms with Gasteiger partial charge in [0.1, 0.15) is 16.7 Å². The molecule has 2 rings (SSSR count). The van der Waals surface area contributed by atoms with Gasteiger partial charge in [0.15, 0.2) is 9.50 Å². The van der Waals surface area contributed by atoms with E-state index in [0.29, 0.717) is 0 Å². The van der Waals surface area contributed by atoms with E-state index in [4.69, 9.17) is 0 Å². The highest BCUT2D eigenvalue weighted by Crippen LogP contribution is 2.29. The van der Waals surface area contributed by atoms with E-state index < -0.39 is 0 Å². The molecule has 0 saturated carbocycles. The number of thioether (sulfide) groups is 1. The third kappa shape index (κ3) is 3.30. The summed E-state index contributed by atoms with van der Waals surface area (Å²) in [5.74, 6) is 1.61. The topological polar surface area (TPSA) is 63.6 Å². The number of aryl methyl sites for hydroxylation is 1. The molecule has 0 saturated heterocycles. The highest BCUT2D eigenvalue weighted by atomic mass is 32.2. The van der Waals surface area contributed by atoms with Crippen LogP contribution in [-0.4, -0.2) is 32.6 Å². The van der Waals surface area contributed by atoms with E-state index in [1.165, 1.54) is 35.1 Å². The van der Waals surface area contributed by atoms with Crippen LogP contribution in [0.4, 0.5) is 5.82 Å². The molecule has 0 amide bonds. The minimum absolute atomic E-state index is 0.751. The molecular formula is C9H11N5S3. The van der Waals surface area contributed by atoms with E-state index in [-0.39, 0.29) is 0 Å². The Morgan fingerprint density at radius 3 is 2.71 bits per heavy atom. The second-order valence-corrected chi connectivity index (χ2v) is 5.83. The van der Waals surface area contributed by atoms with Gasteiger partial charge in [-0.25, -0.2) is 15.0 Å². The van der Waals surface area contributed by atoms with Gasteiger partial charge in [0, 0.05) is 13.1 Å². The van der Waals surface area contributed by atoms with Crippen LogP contribution in [0.5, 0.6) is 0 Å². The predicted octanol–water partition coefficient (Wildman–Crippen LogP) is 2.55. The van der Waals surface area contributed by atoms with E-state index >= 15 is 0 Å². The average molecular weight is 285 g/mol. The summed E-state index contributed by atoms with van der Waals surface area (Å²) >= 11 is 4.41. The van der Waals surface area contributed by atoms with Gasteiger partial charge in [-0.1, -0.05) is 11.8 Å². The number of hydrogen-bond donors (Lipinski definition) is 1. The maximum absolute atomic E-state index is 4.42. The molecule has 0 aliphatic carbocycles. The summed E-state index contributed by atoms with van der Waals surface area (Å²) in [5.41, 5.74) is 0. The van der Waals surface area contributed by atoms with Crippen LogP contribution in [0.1, 0.15) is 5.82 Å². The van der Waals surface area contributed by atoms with Crippen molar-refractivity contribution in [3.05, 3.63) is 11.9 Å². The van der Waals surface area contributed by atoms with E-state index in [0.717, 1.165) is 26.2 Å². The molecule has 0 radical (unpaired) electrons. The van der Waals surface area contributed by atoms with Gasteiger partial charge in [0.25, 0.3) is 0 Å². The Morgan fingerprint density at radius 2 is 2.12 bits per heavy atom. The Morgan fingerprint density at radius 1 is 1.29 bits per heavy atom. The summed E-state index contributed by atoms with van der Waals surface area (Å²) in [6, 6.07) is 1.90. The minimum Gasteiger partial charge on any atom is -0.373 e. The zero-order valence-corrected chi connectivity index (χ0v) is 12.0. The highest BCUT2D eigenvalue weighted by molar-refractivity contribution is 8.01. The van der Waals surface area contributed by atoms with Gasteiger partial charge < -0.3 is 5.32 Å².